The quantitative estimate of drug-likeness (QED) is 0.475. The molecule has 204 valence electrons. The van der Waals surface area contributed by atoms with Crippen molar-refractivity contribution in [2.45, 2.75) is 165 Å². The molecule has 4 N–H and O–H groups in total. The van der Waals surface area contributed by atoms with Gasteiger partial charge >= 0.3 is 0 Å². The Morgan fingerprint density at radius 2 is 1.44 bits per heavy atom. The van der Waals surface area contributed by atoms with Crippen LogP contribution >= 0.6 is 0 Å². The molecule has 1 heterocycles. The van der Waals surface area contributed by atoms with Crippen molar-refractivity contribution in [3.8, 4) is 0 Å². The van der Waals surface area contributed by atoms with E-state index in [0.29, 0.717) is 48.0 Å². The van der Waals surface area contributed by atoms with E-state index in [1.165, 1.54) is 77.0 Å². The zero-order chi connectivity index (χ0) is 24.8. The van der Waals surface area contributed by atoms with Crippen LogP contribution in [0.4, 0.5) is 0 Å². The van der Waals surface area contributed by atoms with Crippen LogP contribution in [0.2, 0.25) is 0 Å². The summed E-state index contributed by atoms with van der Waals surface area (Å²) in [7, 11) is 0. The number of aliphatic hydroxyl groups excluding tert-OH is 1. The van der Waals surface area contributed by atoms with Crippen molar-refractivity contribution >= 4 is 0 Å². The molecule has 1 aliphatic heterocycles. The lowest BCUT2D eigenvalue weighted by atomic mass is 9.67. The fraction of sp³-hybridized carbons (Fsp3) is 1.00. The summed E-state index contributed by atoms with van der Waals surface area (Å²) < 4.78 is 0. The highest BCUT2D eigenvalue weighted by molar-refractivity contribution is 5.10. The Hall–Kier alpha value is -0.560. The normalized spacial score (nSPS) is 50.9. The van der Waals surface area contributed by atoms with E-state index in [4.69, 9.17) is 16.0 Å². The van der Waals surface area contributed by atoms with Gasteiger partial charge in [-0.05, 0) is 81.5 Å². The Balaban J connectivity index is 1.22. The molecular formula is C30H53N5O. The Morgan fingerprint density at radius 1 is 0.750 bits per heavy atom. The van der Waals surface area contributed by atoms with Crippen molar-refractivity contribution < 1.29 is 5.11 Å². The molecule has 5 aliphatic carbocycles. The summed E-state index contributed by atoms with van der Waals surface area (Å²) in [5, 5.41) is 25.2. The molecule has 0 aromatic heterocycles. The van der Waals surface area contributed by atoms with Crippen LogP contribution in [0.25, 0.3) is 0 Å². The van der Waals surface area contributed by atoms with E-state index in [1.54, 1.807) is 0 Å². The third-order valence-corrected chi connectivity index (χ3v) is 11.7. The SMILES string of the molecule is CC1CC2NC3CC(C)C(N=NC4C(O)CCC5CCCCC54)CC3N(C3CCCCC3)C2CC1N. The molecule has 6 fully saturated rings. The van der Waals surface area contributed by atoms with Crippen LogP contribution in [-0.2, 0) is 0 Å². The van der Waals surface area contributed by atoms with Gasteiger partial charge in [-0.1, -0.05) is 52.4 Å². The first-order chi connectivity index (χ1) is 17.5. The van der Waals surface area contributed by atoms with E-state index in [9.17, 15) is 5.11 Å². The fourth-order valence-electron chi connectivity index (χ4n) is 9.60. The number of azo groups is 1. The fourth-order valence-corrected chi connectivity index (χ4v) is 9.60. The average Bonchev–Trinajstić information content (AvgIpc) is 2.88. The lowest BCUT2D eigenvalue weighted by Crippen LogP contribution is -2.73. The minimum absolute atomic E-state index is 0.0371. The minimum atomic E-state index is -0.290. The lowest BCUT2D eigenvalue weighted by Gasteiger charge is -2.60. The molecule has 0 radical (unpaired) electrons. The molecule has 0 bridgehead atoms. The number of aliphatic hydroxyl groups is 1. The van der Waals surface area contributed by atoms with E-state index in [2.05, 4.69) is 24.1 Å². The zero-order valence-electron chi connectivity index (χ0n) is 23.0. The molecule has 0 aromatic carbocycles. The number of hydrogen-bond acceptors (Lipinski definition) is 6. The van der Waals surface area contributed by atoms with E-state index in [0.717, 1.165) is 31.2 Å². The molecule has 6 aliphatic rings. The van der Waals surface area contributed by atoms with Crippen LogP contribution in [0.3, 0.4) is 0 Å². The van der Waals surface area contributed by atoms with Crippen LogP contribution in [-0.4, -0.2) is 64.4 Å². The molecule has 1 saturated heterocycles. The number of rotatable bonds is 3. The topological polar surface area (TPSA) is 86.2 Å². The van der Waals surface area contributed by atoms with Gasteiger partial charge in [0.2, 0.25) is 0 Å². The molecule has 0 aromatic rings. The third kappa shape index (κ3) is 4.94. The van der Waals surface area contributed by atoms with E-state index >= 15 is 0 Å². The predicted octanol–water partition coefficient (Wildman–Crippen LogP) is 5.04. The summed E-state index contributed by atoms with van der Waals surface area (Å²) in [4.78, 5) is 3.00. The summed E-state index contributed by atoms with van der Waals surface area (Å²) in [6.07, 6.45) is 18.6. The molecule has 12 unspecified atom stereocenters. The second kappa shape index (κ2) is 10.9. The van der Waals surface area contributed by atoms with Crippen LogP contribution in [0, 0.1) is 23.7 Å². The molecule has 6 nitrogen and oxygen atoms in total. The summed E-state index contributed by atoms with van der Waals surface area (Å²) in [5.41, 5.74) is 6.68. The zero-order valence-corrected chi connectivity index (χ0v) is 23.0. The standard InChI is InChI=1S/C30H53N5O/c1-18-14-25-27(16-23(18)31)35(21-9-4-3-5-10-21)28-17-24(19(2)15-26(28)32-25)33-34-30-22-11-7-6-8-20(22)12-13-29(30)36/h18-30,32,36H,3-17,31H2,1-2H3. The summed E-state index contributed by atoms with van der Waals surface area (Å²) >= 11 is 0. The van der Waals surface area contributed by atoms with Gasteiger partial charge in [-0.15, -0.1) is 0 Å². The molecule has 0 amide bonds. The third-order valence-electron chi connectivity index (χ3n) is 11.7. The van der Waals surface area contributed by atoms with Gasteiger partial charge in [0.05, 0.1) is 18.2 Å². The van der Waals surface area contributed by atoms with E-state index < -0.39 is 0 Å². The Kier molecular flexibility index (Phi) is 7.78. The molecule has 0 spiro atoms. The Labute approximate surface area is 219 Å². The van der Waals surface area contributed by atoms with Gasteiger partial charge < -0.3 is 16.2 Å². The number of nitrogens with one attached hydrogen (secondary N) is 1. The maximum absolute atomic E-state index is 10.9. The smallest absolute Gasteiger partial charge is 0.0997 e. The van der Waals surface area contributed by atoms with Crippen molar-refractivity contribution in [2.75, 3.05) is 0 Å². The minimum Gasteiger partial charge on any atom is -0.391 e. The monoisotopic (exact) mass is 499 g/mol. The van der Waals surface area contributed by atoms with Crippen molar-refractivity contribution in [2.24, 2.45) is 39.6 Å². The number of nitrogens with two attached hydrogens (primary N) is 1. The average molecular weight is 500 g/mol. The maximum atomic E-state index is 10.9. The van der Waals surface area contributed by atoms with E-state index in [-0.39, 0.29) is 18.2 Å². The van der Waals surface area contributed by atoms with Gasteiger partial charge in [0.25, 0.3) is 0 Å². The first-order valence-corrected chi connectivity index (χ1v) is 15.9. The highest BCUT2D eigenvalue weighted by Gasteiger charge is 2.51. The van der Waals surface area contributed by atoms with Crippen LogP contribution in [0.5, 0.6) is 0 Å². The number of piperazine rings is 1. The highest BCUT2D eigenvalue weighted by Crippen LogP contribution is 2.44. The van der Waals surface area contributed by atoms with E-state index in [1.807, 2.05) is 0 Å². The maximum Gasteiger partial charge on any atom is 0.0997 e. The largest absolute Gasteiger partial charge is 0.391 e. The molecule has 5 saturated carbocycles. The first kappa shape index (κ1) is 25.7. The molecule has 6 rings (SSSR count). The lowest BCUT2D eigenvalue weighted by molar-refractivity contribution is -0.0640. The second-order valence-electron chi connectivity index (χ2n) is 14.0. The van der Waals surface area contributed by atoms with Gasteiger partial charge in [-0.3, -0.25) is 4.90 Å². The highest BCUT2D eigenvalue weighted by atomic mass is 16.3. The summed E-state index contributed by atoms with van der Waals surface area (Å²) in [6.45, 7) is 4.76. The van der Waals surface area contributed by atoms with Crippen LogP contribution in [0.1, 0.15) is 110 Å². The predicted molar refractivity (Wildman–Crippen MR) is 145 cm³/mol. The van der Waals surface area contributed by atoms with Crippen LogP contribution < -0.4 is 11.1 Å². The molecular weight excluding hydrogens is 446 g/mol. The van der Waals surface area contributed by atoms with Gasteiger partial charge in [-0.25, -0.2) is 0 Å². The second-order valence-corrected chi connectivity index (χ2v) is 14.0. The summed E-state index contributed by atoms with van der Waals surface area (Å²) in [6, 6.07) is 3.65. The molecule has 36 heavy (non-hydrogen) atoms. The van der Waals surface area contributed by atoms with Crippen molar-refractivity contribution in [1.29, 1.82) is 0 Å². The van der Waals surface area contributed by atoms with Crippen molar-refractivity contribution in [1.82, 2.24) is 10.2 Å². The number of nitrogens with zero attached hydrogens (tertiary/aromatic N) is 3. The Morgan fingerprint density at radius 3 is 2.25 bits per heavy atom. The molecule has 6 heteroatoms. The van der Waals surface area contributed by atoms with Gasteiger partial charge in [0, 0.05) is 36.3 Å². The number of hydrogen-bond donors (Lipinski definition) is 3. The van der Waals surface area contributed by atoms with Crippen molar-refractivity contribution in [3.63, 3.8) is 0 Å². The van der Waals surface area contributed by atoms with Gasteiger partial charge in [0.1, 0.15) is 0 Å². The summed E-state index contributed by atoms with van der Waals surface area (Å²) in [5.74, 6) is 2.47. The number of fused-ring (bicyclic) bond motifs is 3. The van der Waals surface area contributed by atoms with Crippen LogP contribution in [0.15, 0.2) is 10.2 Å². The van der Waals surface area contributed by atoms with Crippen molar-refractivity contribution in [3.05, 3.63) is 0 Å². The molecule has 12 atom stereocenters. The first-order valence-electron chi connectivity index (χ1n) is 15.9. The Bertz CT molecular complexity index is 770. The van der Waals surface area contributed by atoms with Gasteiger partial charge in [-0.2, -0.15) is 10.2 Å². The van der Waals surface area contributed by atoms with Gasteiger partial charge in [0.15, 0.2) is 0 Å².